The van der Waals surface area contributed by atoms with Crippen molar-refractivity contribution in [3.63, 3.8) is 0 Å². The van der Waals surface area contributed by atoms with Crippen LogP contribution in [0.25, 0.3) is 0 Å². The molecule has 0 aromatic heterocycles. The van der Waals surface area contributed by atoms with Gasteiger partial charge in [-0.1, -0.05) is 32.0 Å². The molecule has 0 heterocycles. The lowest BCUT2D eigenvalue weighted by molar-refractivity contribution is -0.154. The Balaban J connectivity index is 4.47. The van der Waals surface area contributed by atoms with Crippen LogP contribution >= 0.6 is 11.8 Å². The predicted molar refractivity (Wildman–Crippen MR) is 80.4 cm³/mol. The van der Waals surface area contributed by atoms with Crippen molar-refractivity contribution in [3.8, 4) is 0 Å². The van der Waals surface area contributed by atoms with E-state index in [4.69, 9.17) is 4.74 Å². The Morgan fingerprint density at radius 1 is 1.25 bits per heavy atom. The second kappa shape index (κ2) is 8.29. The Kier molecular flexibility index (Phi) is 7.86. The number of nitrogens with one attached hydrogen (secondary N) is 1. The van der Waals surface area contributed by atoms with Crippen molar-refractivity contribution < 1.29 is 19.1 Å². The summed E-state index contributed by atoms with van der Waals surface area (Å²) in [7, 11) is 0. The van der Waals surface area contributed by atoms with Gasteiger partial charge in [-0.25, -0.2) is 0 Å². The average molecular weight is 303 g/mol. The third kappa shape index (κ3) is 8.19. The molecule has 0 bridgehead atoms. The van der Waals surface area contributed by atoms with E-state index in [9.17, 15) is 14.4 Å². The number of hydrogen-bond donors (Lipinski definition) is 1. The summed E-state index contributed by atoms with van der Waals surface area (Å²) in [5.41, 5.74) is -0.577. The maximum atomic E-state index is 12.1. The molecule has 0 fully saturated rings. The van der Waals surface area contributed by atoms with E-state index in [-0.39, 0.29) is 23.5 Å². The van der Waals surface area contributed by atoms with Crippen LogP contribution in [0.15, 0.2) is 0 Å². The van der Waals surface area contributed by atoms with Crippen LogP contribution in [-0.4, -0.2) is 34.4 Å². The molecule has 0 aromatic carbocycles. The van der Waals surface area contributed by atoms with Crippen LogP contribution in [0.5, 0.6) is 0 Å². The van der Waals surface area contributed by atoms with Crippen LogP contribution in [0, 0.1) is 5.92 Å². The van der Waals surface area contributed by atoms with E-state index in [2.05, 4.69) is 5.32 Å². The SMILES string of the molecule is CC[C@H](C)[C@H](SC(C)=O)C(=O)NCC(=O)OC(C)(C)C. The summed E-state index contributed by atoms with van der Waals surface area (Å²) in [4.78, 5) is 34.8. The van der Waals surface area contributed by atoms with Crippen molar-refractivity contribution in [2.24, 2.45) is 5.92 Å². The first kappa shape index (κ1) is 19.0. The van der Waals surface area contributed by atoms with Gasteiger partial charge in [-0.15, -0.1) is 0 Å². The molecule has 0 aliphatic heterocycles. The molecule has 5 nitrogen and oxygen atoms in total. The summed E-state index contributed by atoms with van der Waals surface area (Å²) >= 11 is 1.00. The summed E-state index contributed by atoms with van der Waals surface area (Å²) in [5.74, 6) is -0.727. The zero-order valence-corrected chi connectivity index (χ0v) is 13.9. The van der Waals surface area contributed by atoms with E-state index < -0.39 is 16.8 Å². The lowest BCUT2D eigenvalue weighted by Crippen LogP contribution is -2.41. The van der Waals surface area contributed by atoms with E-state index in [1.165, 1.54) is 6.92 Å². The Bertz CT molecular complexity index is 363. The normalized spacial score (nSPS) is 14.3. The molecule has 0 aliphatic carbocycles. The van der Waals surface area contributed by atoms with Crippen LogP contribution < -0.4 is 5.32 Å². The second-order valence-electron chi connectivity index (χ2n) is 5.72. The molecule has 6 heteroatoms. The van der Waals surface area contributed by atoms with Crippen LogP contribution in [-0.2, 0) is 19.1 Å². The lowest BCUT2D eigenvalue weighted by Gasteiger charge is -2.22. The van der Waals surface area contributed by atoms with Crippen LogP contribution in [0.3, 0.4) is 0 Å². The lowest BCUT2D eigenvalue weighted by atomic mass is 10.0. The molecule has 0 unspecified atom stereocenters. The number of carbonyl (C=O) groups is 3. The molecule has 116 valence electrons. The number of ether oxygens (including phenoxy) is 1. The quantitative estimate of drug-likeness (QED) is 0.761. The largest absolute Gasteiger partial charge is 0.459 e. The van der Waals surface area contributed by atoms with Gasteiger partial charge in [-0.2, -0.15) is 0 Å². The van der Waals surface area contributed by atoms with Gasteiger partial charge in [0.2, 0.25) is 5.91 Å². The van der Waals surface area contributed by atoms with Crippen molar-refractivity contribution in [1.82, 2.24) is 5.32 Å². The maximum absolute atomic E-state index is 12.1. The maximum Gasteiger partial charge on any atom is 0.325 e. The minimum atomic E-state index is -0.577. The molecule has 0 saturated heterocycles. The van der Waals surface area contributed by atoms with E-state index >= 15 is 0 Å². The molecule has 0 rings (SSSR count). The molecule has 0 radical (unpaired) electrons. The van der Waals surface area contributed by atoms with E-state index in [0.29, 0.717) is 0 Å². The molecule has 20 heavy (non-hydrogen) atoms. The van der Waals surface area contributed by atoms with Crippen LogP contribution in [0.4, 0.5) is 0 Å². The van der Waals surface area contributed by atoms with Crippen molar-refractivity contribution in [2.75, 3.05) is 6.54 Å². The van der Waals surface area contributed by atoms with E-state index in [0.717, 1.165) is 18.2 Å². The number of amides is 1. The van der Waals surface area contributed by atoms with E-state index in [1.54, 1.807) is 20.8 Å². The fraction of sp³-hybridized carbons (Fsp3) is 0.786. The van der Waals surface area contributed by atoms with Gasteiger partial charge in [0.05, 0.1) is 5.25 Å². The van der Waals surface area contributed by atoms with Crippen LogP contribution in [0.2, 0.25) is 0 Å². The Labute approximate surface area is 125 Å². The number of carbonyl (C=O) groups excluding carboxylic acids is 3. The number of rotatable bonds is 6. The highest BCUT2D eigenvalue weighted by Crippen LogP contribution is 2.23. The smallest absolute Gasteiger partial charge is 0.325 e. The Morgan fingerprint density at radius 2 is 1.80 bits per heavy atom. The zero-order chi connectivity index (χ0) is 15.9. The van der Waals surface area contributed by atoms with Gasteiger partial charge < -0.3 is 10.1 Å². The first-order valence-electron chi connectivity index (χ1n) is 6.73. The van der Waals surface area contributed by atoms with Gasteiger partial charge >= 0.3 is 5.97 Å². The molecule has 0 saturated carbocycles. The third-order valence-electron chi connectivity index (χ3n) is 2.54. The van der Waals surface area contributed by atoms with Crippen molar-refractivity contribution in [2.45, 2.75) is 58.8 Å². The summed E-state index contributed by atoms with van der Waals surface area (Å²) in [5, 5.41) is 1.96. The molecule has 0 spiro atoms. The molecular weight excluding hydrogens is 278 g/mol. The predicted octanol–water partition coefficient (Wildman–Crippen LogP) is 2.14. The molecule has 0 aromatic rings. The van der Waals surface area contributed by atoms with Crippen molar-refractivity contribution >= 4 is 28.8 Å². The topological polar surface area (TPSA) is 72.5 Å². The Morgan fingerprint density at radius 3 is 2.20 bits per heavy atom. The molecule has 1 amide bonds. The van der Waals surface area contributed by atoms with Crippen molar-refractivity contribution in [3.05, 3.63) is 0 Å². The first-order chi connectivity index (χ1) is 9.06. The van der Waals surface area contributed by atoms with E-state index in [1.807, 2.05) is 13.8 Å². The molecular formula is C14H25NO4S. The molecule has 1 N–H and O–H groups in total. The number of esters is 1. The first-order valence-corrected chi connectivity index (χ1v) is 7.61. The third-order valence-corrected chi connectivity index (χ3v) is 3.80. The summed E-state index contributed by atoms with van der Waals surface area (Å²) in [6.45, 7) is 10.4. The molecule has 2 atom stereocenters. The minimum absolute atomic E-state index is 0.0579. The van der Waals surface area contributed by atoms with Gasteiger partial charge in [0, 0.05) is 6.92 Å². The van der Waals surface area contributed by atoms with Gasteiger partial charge in [0.1, 0.15) is 12.1 Å². The zero-order valence-electron chi connectivity index (χ0n) is 13.1. The average Bonchev–Trinajstić information content (AvgIpc) is 2.29. The van der Waals surface area contributed by atoms with Crippen molar-refractivity contribution in [1.29, 1.82) is 0 Å². The fourth-order valence-corrected chi connectivity index (χ4v) is 2.43. The van der Waals surface area contributed by atoms with Gasteiger partial charge in [0.15, 0.2) is 5.12 Å². The van der Waals surface area contributed by atoms with Crippen LogP contribution in [0.1, 0.15) is 48.0 Å². The summed E-state index contributed by atoms with van der Waals surface area (Å²) in [6.07, 6.45) is 0.783. The number of hydrogen-bond acceptors (Lipinski definition) is 5. The summed E-state index contributed by atoms with van der Waals surface area (Å²) < 4.78 is 5.11. The molecule has 0 aliphatic rings. The number of thioether (sulfide) groups is 1. The highest BCUT2D eigenvalue weighted by Gasteiger charge is 2.27. The Hall–Kier alpha value is -1.04. The highest BCUT2D eigenvalue weighted by atomic mass is 32.2. The fourth-order valence-electron chi connectivity index (χ4n) is 1.46. The minimum Gasteiger partial charge on any atom is -0.459 e. The van der Waals surface area contributed by atoms with Gasteiger partial charge in [0.25, 0.3) is 0 Å². The second-order valence-corrected chi connectivity index (χ2v) is 7.04. The van der Waals surface area contributed by atoms with Gasteiger partial charge in [-0.3, -0.25) is 14.4 Å². The standard InChI is InChI=1S/C14H25NO4S/c1-7-9(2)12(20-10(3)16)13(18)15-8-11(17)19-14(4,5)6/h9,12H,7-8H2,1-6H3,(H,15,18)/t9-,12-/m0/s1. The van der Waals surface area contributed by atoms with Gasteiger partial charge in [-0.05, 0) is 26.7 Å². The monoisotopic (exact) mass is 303 g/mol. The highest BCUT2D eigenvalue weighted by molar-refractivity contribution is 8.14. The summed E-state index contributed by atoms with van der Waals surface area (Å²) in [6, 6.07) is 0.